The summed E-state index contributed by atoms with van der Waals surface area (Å²) in [5, 5.41) is 4.30. The summed E-state index contributed by atoms with van der Waals surface area (Å²) < 4.78 is 13.7. The van der Waals surface area contributed by atoms with E-state index in [1.54, 1.807) is 0 Å². The van der Waals surface area contributed by atoms with Crippen molar-refractivity contribution in [1.29, 1.82) is 0 Å². The van der Waals surface area contributed by atoms with Crippen LogP contribution >= 0.6 is 0 Å². The molecule has 1 fully saturated rings. The van der Waals surface area contributed by atoms with Crippen LogP contribution in [0.5, 0.6) is 0 Å². The summed E-state index contributed by atoms with van der Waals surface area (Å²) >= 11 is 0. The van der Waals surface area contributed by atoms with E-state index < -0.39 is 0 Å². The number of nitrogens with zero attached hydrogens (tertiary/aromatic N) is 2. The number of rotatable bonds is 3. The molecule has 104 valence electrons. The van der Waals surface area contributed by atoms with Crippen LogP contribution in [0.4, 0.5) is 0 Å². The van der Waals surface area contributed by atoms with E-state index >= 15 is 0 Å². The molecule has 1 aliphatic heterocycles. The minimum atomic E-state index is -0.299. The summed E-state index contributed by atoms with van der Waals surface area (Å²) in [6.07, 6.45) is 5.86. The van der Waals surface area contributed by atoms with Crippen LogP contribution in [-0.2, 0) is 9.31 Å². The zero-order valence-electron chi connectivity index (χ0n) is 12.7. The zero-order valence-corrected chi connectivity index (χ0v) is 12.7. The lowest BCUT2D eigenvalue weighted by molar-refractivity contribution is 0.00578. The summed E-state index contributed by atoms with van der Waals surface area (Å²) in [5.74, 6) is 1.94. The predicted molar refractivity (Wildman–Crippen MR) is 77.7 cm³/mol. The van der Waals surface area contributed by atoms with Crippen LogP contribution in [-0.4, -0.2) is 28.1 Å². The van der Waals surface area contributed by atoms with Crippen LogP contribution in [0.2, 0.25) is 0 Å². The van der Waals surface area contributed by atoms with Gasteiger partial charge in [-0.1, -0.05) is 12.1 Å². The summed E-state index contributed by atoms with van der Waals surface area (Å²) in [6.45, 7) is 12.4. The average Bonchev–Trinajstić information content (AvgIpc) is 2.79. The van der Waals surface area contributed by atoms with Crippen LogP contribution in [0.15, 0.2) is 18.4 Å². The SMILES string of the molecule is CC(C)n1cc(/C=C/B2OC(C)(C)C(C)(C)O2)cn1. The Hall–Kier alpha value is -1.07. The van der Waals surface area contributed by atoms with Gasteiger partial charge < -0.3 is 9.31 Å². The van der Waals surface area contributed by atoms with Crippen LogP contribution < -0.4 is 0 Å². The van der Waals surface area contributed by atoms with E-state index in [4.69, 9.17) is 9.31 Å². The molecule has 1 aliphatic rings. The van der Waals surface area contributed by atoms with Gasteiger partial charge in [0, 0.05) is 17.8 Å². The molecule has 5 heteroatoms. The Morgan fingerprint density at radius 1 is 1.21 bits per heavy atom. The molecule has 4 nitrogen and oxygen atoms in total. The van der Waals surface area contributed by atoms with Crippen LogP contribution in [0.25, 0.3) is 6.08 Å². The molecule has 0 aliphatic carbocycles. The van der Waals surface area contributed by atoms with Gasteiger partial charge in [0.25, 0.3) is 0 Å². The predicted octanol–water partition coefficient (Wildman–Crippen LogP) is 3.11. The summed E-state index contributed by atoms with van der Waals surface area (Å²) in [4.78, 5) is 0. The Labute approximate surface area is 115 Å². The van der Waals surface area contributed by atoms with E-state index in [0.717, 1.165) is 5.56 Å². The molecular weight excluding hydrogens is 239 g/mol. The average molecular weight is 262 g/mol. The lowest BCUT2D eigenvalue weighted by Crippen LogP contribution is -2.41. The van der Waals surface area contributed by atoms with Crippen molar-refractivity contribution in [2.45, 2.75) is 58.8 Å². The normalized spacial score (nSPS) is 21.7. The molecule has 0 N–H and O–H groups in total. The molecule has 1 aromatic rings. The van der Waals surface area contributed by atoms with E-state index in [1.807, 2.05) is 29.1 Å². The molecule has 0 unspecified atom stereocenters. The van der Waals surface area contributed by atoms with E-state index in [0.29, 0.717) is 6.04 Å². The third-order valence-electron chi connectivity index (χ3n) is 3.87. The minimum Gasteiger partial charge on any atom is -0.400 e. The Bertz CT molecular complexity index is 462. The highest BCUT2D eigenvalue weighted by molar-refractivity contribution is 6.52. The molecule has 19 heavy (non-hydrogen) atoms. The Kier molecular flexibility index (Phi) is 3.62. The zero-order chi connectivity index (χ0) is 14.3. The standard InChI is InChI=1S/C14H23BN2O2/c1-11(2)17-10-12(9-16-17)7-8-15-18-13(3,4)14(5,6)19-15/h7-11H,1-6H3/b8-7+. The summed E-state index contributed by atoms with van der Waals surface area (Å²) in [7, 11) is -0.299. The Morgan fingerprint density at radius 2 is 1.79 bits per heavy atom. The molecule has 0 saturated carbocycles. The first-order chi connectivity index (χ1) is 8.71. The molecule has 0 aromatic carbocycles. The molecule has 0 spiro atoms. The fraction of sp³-hybridized carbons (Fsp3) is 0.643. The fourth-order valence-electron chi connectivity index (χ4n) is 1.88. The van der Waals surface area contributed by atoms with E-state index in [-0.39, 0.29) is 18.3 Å². The van der Waals surface area contributed by atoms with Crippen molar-refractivity contribution in [2.24, 2.45) is 0 Å². The Balaban J connectivity index is 2.04. The second-order valence-electron chi connectivity index (χ2n) is 6.33. The molecule has 2 rings (SSSR count). The summed E-state index contributed by atoms with van der Waals surface area (Å²) in [5.41, 5.74) is 0.484. The van der Waals surface area contributed by atoms with Gasteiger partial charge in [0.2, 0.25) is 0 Å². The molecule has 0 bridgehead atoms. The Morgan fingerprint density at radius 3 is 2.26 bits per heavy atom. The van der Waals surface area contributed by atoms with Gasteiger partial charge in [0.15, 0.2) is 0 Å². The van der Waals surface area contributed by atoms with Crippen molar-refractivity contribution >= 4 is 13.2 Å². The molecule has 1 saturated heterocycles. The van der Waals surface area contributed by atoms with Gasteiger partial charge in [-0.15, -0.1) is 0 Å². The lowest BCUT2D eigenvalue weighted by Gasteiger charge is -2.32. The molecule has 0 amide bonds. The van der Waals surface area contributed by atoms with Crippen molar-refractivity contribution in [1.82, 2.24) is 9.78 Å². The van der Waals surface area contributed by atoms with E-state index in [2.05, 4.69) is 46.6 Å². The largest absolute Gasteiger partial charge is 0.487 e. The van der Waals surface area contributed by atoms with Crippen LogP contribution in [0, 0.1) is 0 Å². The maximum absolute atomic E-state index is 5.90. The maximum Gasteiger partial charge on any atom is 0.487 e. The van der Waals surface area contributed by atoms with Gasteiger partial charge in [-0.25, -0.2) is 0 Å². The van der Waals surface area contributed by atoms with Gasteiger partial charge in [-0.2, -0.15) is 5.10 Å². The highest BCUT2D eigenvalue weighted by atomic mass is 16.7. The van der Waals surface area contributed by atoms with Crippen LogP contribution in [0.1, 0.15) is 53.1 Å². The number of aromatic nitrogens is 2. The van der Waals surface area contributed by atoms with Gasteiger partial charge in [-0.05, 0) is 41.5 Å². The van der Waals surface area contributed by atoms with Crippen molar-refractivity contribution < 1.29 is 9.31 Å². The third-order valence-corrected chi connectivity index (χ3v) is 3.87. The van der Waals surface area contributed by atoms with Crippen molar-refractivity contribution in [3.8, 4) is 0 Å². The molecule has 1 aromatic heterocycles. The monoisotopic (exact) mass is 262 g/mol. The third kappa shape index (κ3) is 2.93. The van der Waals surface area contributed by atoms with Gasteiger partial charge in [-0.3, -0.25) is 4.68 Å². The van der Waals surface area contributed by atoms with Crippen LogP contribution in [0.3, 0.4) is 0 Å². The van der Waals surface area contributed by atoms with Gasteiger partial charge in [0.1, 0.15) is 0 Å². The quantitative estimate of drug-likeness (QED) is 0.785. The second kappa shape index (κ2) is 4.80. The fourth-order valence-corrected chi connectivity index (χ4v) is 1.88. The smallest absolute Gasteiger partial charge is 0.400 e. The highest BCUT2D eigenvalue weighted by Crippen LogP contribution is 2.36. The van der Waals surface area contributed by atoms with Crippen molar-refractivity contribution in [2.75, 3.05) is 0 Å². The van der Waals surface area contributed by atoms with Gasteiger partial charge in [0.05, 0.1) is 17.4 Å². The lowest BCUT2D eigenvalue weighted by atomic mass is 9.89. The first-order valence-corrected chi connectivity index (χ1v) is 6.79. The molecule has 0 atom stereocenters. The first-order valence-electron chi connectivity index (χ1n) is 6.79. The van der Waals surface area contributed by atoms with Crippen molar-refractivity contribution in [3.63, 3.8) is 0 Å². The molecule has 0 radical (unpaired) electrons. The molecular formula is C14H23BN2O2. The summed E-state index contributed by atoms with van der Waals surface area (Å²) in [6, 6.07) is 0.374. The topological polar surface area (TPSA) is 36.3 Å². The minimum absolute atomic E-state index is 0.288. The molecule has 2 heterocycles. The first kappa shape index (κ1) is 14.3. The van der Waals surface area contributed by atoms with Crippen molar-refractivity contribution in [3.05, 3.63) is 23.9 Å². The van der Waals surface area contributed by atoms with Gasteiger partial charge >= 0.3 is 7.12 Å². The van der Waals surface area contributed by atoms with E-state index in [9.17, 15) is 0 Å². The number of hydrogen-bond donors (Lipinski definition) is 0. The second-order valence-corrected chi connectivity index (χ2v) is 6.33. The highest BCUT2D eigenvalue weighted by Gasteiger charge is 2.49. The maximum atomic E-state index is 5.90. The number of hydrogen-bond acceptors (Lipinski definition) is 3. The van der Waals surface area contributed by atoms with E-state index in [1.165, 1.54) is 0 Å².